The third kappa shape index (κ3) is 3.07. The van der Waals surface area contributed by atoms with E-state index in [2.05, 4.69) is 27.7 Å². The Balaban J connectivity index is 2.11. The van der Waals surface area contributed by atoms with Crippen molar-refractivity contribution in [3.63, 3.8) is 0 Å². The quantitative estimate of drug-likeness (QED) is 0.868. The van der Waals surface area contributed by atoms with Gasteiger partial charge in [0.2, 0.25) is 0 Å². The molecule has 0 bridgehead atoms. The van der Waals surface area contributed by atoms with E-state index in [1.165, 1.54) is 0 Å². The third-order valence-electron chi connectivity index (χ3n) is 2.70. The molecular formula is C13H15IN2O. The summed E-state index contributed by atoms with van der Waals surface area (Å²) in [6.07, 6.45) is 3.96. The number of aromatic nitrogens is 2. The molecule has 1 atom stereocenters. The standard InChI is InChI=1S/C13H15IN2O/c1-2-16-9-10(8-15-16)7-13(17)11-5-3-4-6-12(11)14/h3-6,8-9,13,17H,2,7H2,1H3. The van der Waals surface area contributed by atoms with Crippen LogP contribution in [0.1, 0.15) is 24.2 Å². The number of aliphatic hydroxyl groups is 1. The smallest absolute Gasteiger partial charge is 0.0841 e. The van der Waals surface area contributed by atoms with Gasteiger partial charge in [-0.3, -0.25) is 4.68 Å². The molecule has 0 saturated carbocycles. The van der Waals surface area contributed by atoms with E-state index in [-0.39, 0.29) is 0 Å². The zero-order valence-corrected chi connectivity index (χ0v) is 11.8. The molecule has 1 N–H and O–H groups in total. The largest absolute Gasteiger partial charge is 0.388 e. The van der Waals surface area contributed by atoms with Gasteiger partial charge < -0.3 is 5.11 Å². The van der Waals surface area contributed by atoms with Crippen LogP contribution in [-0.2, 0) is 13.0 Å². The summed E-state index contributed by atoms with van der Waals surface area (Å²) in [7, 11) is 0. The number of hydrogen-bond acceptors (Lipinski definition) is 2. The Labute approximate surface area is 115 Å². The van der Waals surface area contributed by atoms with Crippen LogP contribution in [0.25, 0.3) is 0 Å². The summed E-state index contributed by atoms with van der Waals surface area (Å²) in [4.78, 5) is 0. The predicted molar refractivity (Wildman–Crippen MR) is 75.7 cm³/mol. The average Bonchev–Trinajstić information content (AvgIpc) is 2.77. The highest BCUT2D eigenvalue weighted by Gasteiger charge is 2.12. The molecule has 0 aliphatic heterocycles. The molecule has 0 aliphatic carbocycles. The molecule has 90 valence electrons. The molecular weight excluding hydrogens is 327 g/mol. The molecule has 0 radical (unpaired) electrons. The normalized spacial score (nSPS) is 12.6. The summed E-state index contributed by atoms with van der Waals surface area (Å²) >= 11 is 2.25. The highest BCUT2D eigenvalue weighted by molar-refractivity contribution is 14.1. The van der Waals surface area contributed by atoms with Gasteiger partial charge in [0.05, 0.1) is 12.3 Å². The van der Waals surface area contributed by atoms with E-state index in [1.807, 2.05) is 48.3 Å². The SMILES string of the molecule is CCn1cc(CC(O)c2ccccc2I)cn1. The van der Waals surface area contributed by atoms with Crippen LogP contribution in [0.3, 0.4) is 0 Å². The van der Waals surface area contributed by atoms with Crippen LogP contribution in [0.5, 0.6) is 0 Å². The van der Waals surface area contributed by atoms with Crippen molar-refractivity contribution >= 4 is 22.6 Å². The highest BCUT2D eigenvalue weighted by atomic mass is 127. The molecule has 2 aromatic rings. The number of hydrogen-bond donors (Lipinski definition) is 1. The van der Waals surface area contributed by atoms with Crippen molar-refractivity contribution in [2.45, 2.75) is 26.0 Å². The summed E-state index contributed by atoms with van der Waals surface area (Å²) in [5.74, 6) is 0. The van der Waals surface area contributed by atoms with Crippen molar-refractivity contribution in [1.82, 2.24) is 9.78 Å². The second kappa shape index (κ2) is 5.64. The van der Waals surface area contributed by atoms with Gasteiger partial charge >= 0.3 is 0 Å². The fraction of sp³-hybridized carbons (Fsp3) is 0.308. The Hall–Kier alpha value is -0.880. The molecule has 17 heavy (non-hydrogen) atoms. The van der Waals surface area contributed by atoms with Crippen LogP contribution < -0.4 is 0 Å². The summed E-state index contributed by atoms with van der Waals surface area (Å²) in [6.45, 7) is 2.91. The maximum Gasteiger partial charge on any atom is 0.0841 e. The molecule has 1 heterocycles. The molecule has 0 fully saturated rings. The van der Waals surface area contributed by atoms with E-state index in [0.29, 0.717) is 6.42 Å². The molecule has 1 unspecified atom stereocenters. The molecule has 0 amide bonds. The van der Waals surface area contributed by atoms with Gasteiger partial charge in [-0.1, -0.05) is 18.2 Å². The first-order chi connectivity index (χ1) is 8.20. The second-order valence-corrected chi connectivity index (χ2v) is 5.11. The number of aliphatic hydroxyl groups excluding tert-OH is 1. The Kier molecular flexibility index (Phi) is 4.17. The van der Waals surface area contributed by atoms with Crippen molar-refractivity contribution in [3.05, 3.63) is 51.4 Å². The number of benzene rings is 1. The predicted octanol–water partition coefficient (Wildman–Crippen LogP) is 2.78. The van der Waals surface area contributed by atoms with E-state index in [1.54, 1.807) is 0 Å². The number of rotatable bonds is 4. The minimum atomic E-state index is -0.461. The zero-order chi connectivity index (χ0) is 12.3. The van der Waals surface area contributed by atoms with E-state index < -0.39 is 6.10 Å². The number of halogens is 1. The second-order valence-electron chi connectivity index (χ2n) is 3.95. The van der Waals surface area contributed by atoms with E-state index in [9.17, 15) is 5.11 Å². The number of nitrogens with zero attached hydrogens (tertiary/aromatic N) is 2. The summed E-state index contributed by atoms with van der Waals surface area (Å²) in [5, 5.41) is 14.4. The minimum Gasteiger partial charge on any atom is -0.388 e. The van der Waals surface area contributed by atoms with Crippen molar-refractivity contribution in [3.8, 4) is 0 Å². The van der Waals surface area contributed by atoms with Gasteiger partial charge in [0.1, 0.15) is 0 Å². The number of aryl methyl sites for hydroxylation is 1. The Morgan fingerprint density at radius 3 is 2.82 bits per heavy atom. The molecule has 1 aromatic heterocycles. The van der Waals surface area contributed by atoms with Crippen molar-refractivity contribution in [1.29, 1.82) is 0 Å². The molecule has 4 heteroatoms. The van der Waals surface area contributed by atoms with Gasteiger partial charge in [-0.15, -0.1) is 0 Å². The lowest BCUT2D eigenvalue weighted by atomic mass is 10.0. The van der Waals surface area contributed by atoms with Crippen LogP contribution >= 0.6 is 22.6 Å². The van der Waals surface area contributed by atoms with Crippen LogP contribution in [0, 0.1) is 3.57 Å². The van der Waals surface area contributed by atoms with Gasteiger partial charge in [0.25, 0.3) is 0 Å². The zero-order valence-electron chi connectivity index (χ0n) is 9.68. The lowest BCUT2D eigenvalue weighted by molar-refractivity contribution is 0.177. The van der Waals surface area contributed by atoms with Gasteiger partial charge in [-0.2, -0.15) is 5.10 Å². The van der Waals surface area contributed by atoms with E-state index in [0.717, 1.165) is 21.2 Å². The van der Waals surface area contributed by atoms with Crippen molar-refractivity contribution < 1.29 is 5.11 Å². The molecule has 0 spiro atoms. The van der Waals surface area contributed by atoms with Crippen LogP contribution in [0.2, 0.25) is 0 Å². The topological polar surface area (TPSA) is 38.0 Å². The maximum absolute atomic E-state index is 10.2. The molecule has 2 rings (SSSR count). The van der Waals surface area contributed by atoms with Gasteiger partial charge in [0, 0.05) is 22.7 Å². The first kappa shape index (κ1) is 12.6. The summed E-state index contributed by atoms with van der Waals surface area (Å²) < 4.78 is 2.97. The van der Waals surface area contributed by atoms with Crippen LogP contribution in [0.4, 0.5) is 0 Å². The first-order valence-electron chi connectivity index (χ1n) is 5.64. The molecule has 3 nitrogen and oxygen atoms in total. The van der Waals surface area contributed by atoms with Gasteiger partial charge in [-0.05, 0) is 46.7 Å². The molecule has 0 saturated heterocycles. The van der Waals surface area contributed by atoms with Crippen LogP contribution in [0.15, 0.2) is 36.7 Å². The fourth-order valence-corrected chi connectivity index (χ4v) is 2.51. The minimum absolute atomic E-state index is 0.461. The summed E-state index contributed by atoms with van der Waals surface area (Å²) in [5.41, 5.74) is 2.05. The average molecular weight is 342 g/mol. The lowest BCUT2D eigenvalue weighted by Crippen LogP contribution is -2.03. The fourth-order valence-electron chi connectivity index (χ4n) is 1.76. The molecule has 1 aromatic carbocycles. The monoisotopic (exact) mass is 342 g/mol. The highest BCUT2D eigenvalue weighted by Crippen LogP contribution is 2.22. The summed E-state index contributed by atoms with van der Waals surface area (Å²) in [6, 6.07) is 7.91. The maximum atomic E-state index is 10.2. The molecule has 0 aliphatic rings. The van der Waals surface area contributed by atoms with Crippen molar-refractivity contribution in [2.75, 3.05) is 0 Å². The van der Waals surface area contributed by atoms with Gasteiger partial charge in [0.15, 0.2) is 0 Å². The van der Waals surface area contributed by atoms with Gasteiger partial charge in [-0.25, -0.2) is 0 Å². The van der Waals surface area contributed by atoms with Crippen molar-refractivity contribution in [2.24, 2.45) is 0 Å². The third-order valence-corrected chi connectivity index (χ3v) is 3.69. The first-order valence-corrected chi connectivity index (χ1v) is 6.72. The van der Waals surface area contributed by atoms with Crippen LogP contribution in [-0.4, -0.2) is 14.9 Å². The van der Waals surface area contributed by atoms with E-state index >= 15 is 0 Å². The Bertz CT molecular complexity index is 496. The van der Waals surface area contributed by atoms with E-state index in [4.69, 9.17) is 0 Å². The lowest BCUT2D eigenvalue weighted by Gasteiger charge is -2.11. The Morgan fingerprint density at radius 2 is 2.18 bits per heavy atom. The Morgan fingerprint density at radius 1 is 1.41 bits per heavy atom.